The number of carbonyl (C=O) groups is 9. The smallest absolute Gasteiger partial charge is 0.316 e. The predicted molar refractivity (Wildman–Crippen MR) is 409 cm³/mol. The lowest BCUT2D eigenvalue weighted by atomic mass is 9.72. The topological polar surface area (TPSA) is 361 Å². The lowest BCUT2D eigenvalue weighted by Gasteiger charge is -2.43. The summed E-state index contributed by atoms with van der Waals surface area (Å²) in [6.07, 6.45) is 1.74. The molecule has 0 aliphatic carbocycles. The molecule has 0 aromatic heterocycles. The highest BCUT2D eigenvalue weighted by molar-refractivity contribution is 6.00. The Morgan fingerprint density at radius 1 is 0.426 bits per heavy atom. The summed E-state index contributed by atoms with van der Waals surface area (Å²) in [5, 5.41) is 65.1. The summed E-state index contributed by atoms with van der Waals surface area (Å²) in [6.45, 7) is 46.7. The average molecular weight is 1540 g/mol. The van der Waals surface area contributed by atoms with E-state index >= 15 is 0 Å². The Bertz CT molecular complexity index is 2980. The quantitative estimate of drug-likeness (QED) is 0.0597. The van der Waals surface area contributed by atoms with Gasteiger partial charge in [0.15, 0.2) is 28.7 Å². The monoisotopic (exact) mass is 1540 g/mol. The number of ketones is 5. The predicted octanol–water partition coefficient (Wildman–Crippen LogP) is 10.4. The van der Waals surface area contributed by atoms with Crippen LogP contribution < -0.4 is 0 Å². The lowest BCUT2D eigenvalue weighted by Crippen LogP contribution is -2.56. The fourth-order valence-electron chi connectivity index (χ4n) is 16.7. The Kier molecular flexibility index (Phi) is 39.0. The summed E-state index contributed by atoms with van der Waals surface area (Å²) in [6, 6.07) is 0. The van der Waals surface area contributed by atoms with Gasteiger partial charge in [-0.2, -0.15) is 0 Å². The van der Waals surface area contributed by atoms with Gasteiger partial charge >= 0.3 is 23.9 Å². The molecule has 108 heavy (non-hydrogen) atoms. The fourth-order valence-corrected chi connectivity index (χ4v) is 16.7. The standard InChI is InChI=1S/C23H42O7.C22H38O6.C21H34O6.C18H30O5/c1-10-17-23(8,28)19(25)16(6)18(24)12(2)11-22(7,27)20(29-9)14(4)13(3)15(5)21(26)30-17;1-11-9-22(10-27-22)20(24)16(6)18(23)15(5)17(7)28-21(25)14(4)12(2)13(3)19(11)26-8;1-8-17-21(6,25)10-9-16(22)12(2)11-13(3)19(26-7)14(4)18(23)15(5)20(24)27-17;1-7-15-18(5,21)9-8-14(19)11(2)10-12(3)16(22-6)13(4)17(20)23-15/h12-17,19-20,25,27-28H,10-11H2,1-9H3;11-19,23H,9-10H2,1-8H3;9-10,12-15,17,19,25H,8,11H2,1-7H3;8-9,11-13,15-16,21H,7,10H2,1-6H3/b;;10-9+;9-8+/t12-,13+,14+,15-,16+,17-,19-,20-,22-,23-;11-,12-,13-,14+,15-,16+,17+,18-,19-,22+;12-,13+,14+,15-,17-,19+,21+;11-,12+,13-,15-,16+,18+/m1011/s1. The maximum atomic E-state index is 13.1. The van der Waals surface area contributed by atoms with Crippen molar-refractivity contribution in [2.45, 2.75) is 314 Å². The van der Waals surface area contributed by atoms with E-state index in [4.69, 9.17) is 42.6 Å². The molecule has 5 rings (SSSR count). The molecule has 1 spiro atoms. The number of carbonyl (C=O) groups excluding carboxylic acids is 9. The molecule has 0 radical (unpaired) electrons. The highest BCUT2D eigenvalue weighted by Crippen LogP contribution is 2.44. The molecule has 5 aliphatic rings. The third-order valence-electron chi connectivity index (χ3n) is 25.2. The summed E-state index contributed by atoms with van der Waals surface area (Å²) >= 11 is 0. The molecule has 0 aromatic rings. The van der Waals surface area contributed by atoms with Crippen LogP contribution >= 0.6 is 0 Å². The Labute approximate surface area is 646 Å². The van der Waals surface area contributed by atoms with Crippen molar-refractivity contribution in [3.8, 4) is 0 Å². The number of aliphatic hydroxyl groups is 6. The summed E-state index contributed by atoms with van der Waals surface area (Å²) in [7, 11) is 6.29. The molecule has 0 saturated carbocycles. The minimum Gasteiger partial charge on any atom is -0.462 e. The largest absolute Gasteiger partial charge is 0.462 e. The van der Waals surface area contributed by atoms with Crippen molar-refractivity contribution in [1.29, 1.82) is 0 Å². The molecule has 5 heterocycles. The first-order valence-corrected chi connectivity index (χ1v) is 39.6. The Balaban J connectivity index is 0.000000491. The van der Waals surface area contributed by atoms with Crippen LogP contribution in [-0.2, 0) is 85.8 Å². The number of cyclic esters (lactones) is 4. The van der Waals surface area contributed by atoms with Crippen molar-refractivity contribution in [2.24, 2.45) is 107 Å². The van der Waals surface area contributed by atoms with E-state index < -0.39 is 130 Å². The number of esters is 4. The van der Waals surface area contributed by atoms with Crippen LogP contribution in [0.5, 0.6) is 0 Å². The van der Waals surface area contributed by atoms with Gasteiger partial charge in [-0.1, -0.05) is 132 Å². The van der Waals surface area contributed by atoms with Gasteiger partial charge in [0.05, 0.1) is 66.6 Å². The molecular formula is C84H144O24. The molecule has 3 saturated heterocycles. The molecule has 0 unspecified atom stereocenters. The van der Waals surface area contributed by atoms with Crippen LogP contribution in [0.15, 0.2) is 24.3 Å². The Hall–Kier alpha value is -4.73. The van der Waals surface area contributed by atoms with E-state index in [-0.39, 0.29) is 125 Å². The Morgan fingerprint density at radius 2 is 0.824 bits per heavy atom. The molecule has 24 nitrogen and oxygen atoms in total. The van der Waals surface area contributed by atoms with Gasteiger partial charge in [0.2, 0.25) is 0 Å². The number of hydrogen-bond acceptors (Lipinski definition) is 24. The normalized spacial score (nSPS) is 44.9. The number of allylic oxidation sites excluding steroid dienone is 2. The van der Waals surface area contributed by atoms with Crippen molar-refractivity contribution in [2.75, 3.05) is 35.0 Å². The van der Waals surface area contributed by atoms with Crippen LogP contribution in [0.2, 0.25) is 0 Å². The summed E-state index contributed by atoms with van der Waals surface area (Å²) < 4.78 is 50.4. The number of hydrogen-bond donors (Lipinski definition) is 6. The number of ether oxygens (including phenoxy) is 9. The minimum atomic E-state index is -1.80. The molecule has 5 aliphatic heterocycles. The summed E-state index contributed by atoms with van der Waals surface area (Å²) in [4.78, 5) is 114. The maximum Gasteiger partial charge on any atom is 0.316 e. The third-order valence-corrected chi connectivity index (χ3v) is 25.2. The number of methoxy groups -OCH3 is 4. The second kappa shape index (κ2) is 42.4. The number of epoxide rings is 1. The molecule has 0 aromatic carbocycles. The van der Waals surface area contributed by atoms with Crippen LogP contribution in [0, 0.1) is 107 Å². The molecular weight excluding hydrogens is 1390 g/mol. The number of aliphatic hydroxyl groups excluding tert-OH is 2. The first-order valence-electron chi connectivity index (χ1n) is 39.6. The van der Waals surface area contributed by atoms with Crippen LogP contribution in [0.1, 0.15) is 225 Å². The molecule has 24 heteroatoms. The van der Waals surface area contributed by atoms with Crippen LogP contribution in [0.25, 0.3) is 0 Å². The van der Waals surface area contributed by atoms with Gasteiger partial charge in [0.1, 0.15) is 52.9 Å². The van der Waals surface area contributed by atoms with E-state index in [2.05, 4.69) is 13.8 Å². The van der Waals surface area contributed by atoms with Gasteiger partial charge < -0.3 is 73.3 Å². The number of Topliss-reactive ketones (excluding diaryl/α,β-unsaturated/α-hetero) is 3. The average Bonchev–Trinajstić information content (AvgIpc) is 1.61. The summed E-state index contributed by atoms with van der Waals surface area (Å²) in [5.74, 6) is -8.46. The van der Waals surface area contributed by atoms with Gasteiger partial charge in [0.25, 0.3) is 0 Å². The zero-order valence-corrected chi connectivity index (χ0v) is 71.2. The zero-order chi connectivity index (χ0) is 83.7. The SMILES string of the molecule is CC[C@H]1OC(=O)[C@H](C)C(=O)[C@H](C)[C@@H](OC)[C@@H](C)C[C@@H](C)C(=O)/C=C/[C@]1(C)O.CC[C@H]1OC(=O)[C@H](C)[C@@H](C)[C@H](C)[C@@H](OC)[C@](C)(O)C[C@@H](C)C(=O)[C@H](C)[C@@H](O)[C@]1(C)O.CC[C@H]1OC(=O)[C@H](C)[C@@H](OC)[C@@H](C)C[C@@H](C)C(=O)/C=C/[C@]1(C)O.CO[C@@H]1[C@@H](C)[C@H](C)[C@@H](C)C(=O)O[C@H](C)[C@H](C)[C@H](O)[C@@H](C)C(=O)[C@]2(CO2)C[C@@H]1C. The summed E-state index contributed by atoms with van der Waals surface area (Å²) in [5.41, 5.74) is -6.83. The molecule has 0 amide bonds. The molecule has 624 valence electrons. The van der Waals surface area contributed by atoms with Crippen LogP contribution in [0.4, 0.5) is 0 Å². The van der Waals surface area contributed by atoms with E-state index in [1.54, 1.807) is 90.4 Å². The van der Waals surface area contributed by atoms with Gasteiger partial charge in [-0.25, -0.2) is 0 Å². The maximum absolute atomic E-state index is 13.1. The van der Waals surface area contributed by atoms with E-state index in [1.165, 1.54) is 59.3 Å². The highest BCUT2D eigenvalue weighted by atomic mass is 16.6. The van der Waals surface area contributed by atoms with Gasteiger partial charge in [0, 0.05) is 69.9 Å². The molecule has 0 bridgehead atoms. The van der Waals surface area contributed by atoms with Crippen LogP contribution in [-0.4, -0.2) is 208 Å². The first kappa shape index (κ1) is 99.3. The second-order valence-corrected chi connectivity index (χ2v) is 34.1. The molecule has 6 N–H and O–H groups in total. The van der Waals surface area contributed by atoms with E-state index in [0.29, 0.717) is 45.1 Å². The van der Waals surface area contributed by atoms with Crippen LogP contribution in [0.3, 0.4) is 0 Å². The van der Waals surface area contributed by atoms with Crippen molar-refractivity contribution in [1.82, 2.24) is 0 Å². The first-order chi connectivity index (χ1) is 49.7. The van der Waals surface area contributed by atoms with Gasteiger partial charge in [-0.05, 0) is 159 Å². The fraction of sp³-hybridized carbons (Fsp3) is 0.845. The van der Waals surface area contributed by atoms with Crippen molar-refractivity contribution in [3.05, 3.63) is 24.3 Å². The molecule has 3 fully saturated rings. The van der Waals surface area contributed by atoms with Crippen molar-refractivity contribution < 1.29 is 116 Å². The highest BCUT2D eigenvalue weighted by Gasteiger charge is 2.57. The minimum absolute atomic E-state index is 0.0370. The van der Waals surface area contributed by atoms with E-state index in [1.807, 2.05) is 69.2 Å². The van der Waals surface area contributed by atoms with E-state index in [9.17, 15) is 73.8 Å². The van der Waals surface area contributed by atoms with Crippen molar-refractivity contribution in [3.63, 3.8) is 0 Å². The van der Waals surface area contributed by atoms with Gasteiger partial charge in [-0.3, -0.25) is 43.2 Å². The third kappa shape index (κ3) is 25.4. The molecule has 33 atom stereocenters. The number of rotatable bonds is 7. The second-order valence-electron chi connectivity index (χ2n) is 34.1. The van der Waals surface area contributed by atoms with E-state index in [0.717, 1.165) is 0 Å². The van der Waals surface area contributed by atoms with Gasteiger partial charge in [-0.15, -0.1) is 0 Å². The Morgan fingerprint density at radius 3 is 1.24 bits per heavy atom. The van der Waals surface area contributed by atoms with Crippen molar-refractivity contribution >= 4 is 52.8 Å². The zero-order valence-electron chi connectivity index (χ0n) is 71.2. The lowest BCUT2D eigenvalue weighted by molar-refractivity contribution is -0.193.